The Balaban J connectivity index is 1.90. The van der Waals surface area contributed by atoms with Gasteiger partial charge in [-0.15, -0.1) is 11.3 Å². The minimum Gasteiger partial charge on any atom is -0.449 e. The van der Waals surface area contributed by atoms with Crippen LogP contribution in [-0.2, 0) is 0 Å². The zero-order valence-electron chi connectivity index (χ0n) is 8.58. The number of carbonyl (C=O) groups is 1. The molecule has 3 heterocycles. The number of fused-ring (bicyclic) bond motifs is 1. The number of nitrogens with one attached hydrogen (secondary N) is 1. The van der Waals surface area contributed by atoms with E-state index in [2.05, 4.69) is 15.3 Å². The van der Waals surface area contributed by atoms with Crippen LogP contribution < -0.4 is 5.32 Å². The fourth-order valence-corrected chi connectivity index (χ4v) is 1.95. The van der Waals surface area contributed by atoms with Crippen molar-refractivity contribution in [1.82, 2.24) is 9.97 Å². The van der Waals surface area contributed by atoms with Gasteiger partial charge in [-0.05, 0) is 12.1 Å². The van der Waals surface area contributed by atoms with Crippen molar-refractivity contribution in [2.75, 3.05) is 5.32 Å². The summed E-state index contributed by atoms with van der Waals surface area (Å²) in [4.78, 5) is 19.9. The largest absolute Gasteiger partial charge is 0.449 e. The van der Waals surface area contributed by atoms with Gasteiger partial charge in [0.1, 0.15) is 5.52 Å². The highest BCUT2D eigenvalue weighted by molar-refractivity contribution is 7.13. The van der Waals surface area contributed by atoms with Gasteiger partial charge in [0, 0.05) is 23.8 Å². The summed E-state index contributed by atoms with van der Waals surface area (Å²) >= 11 is 1.35. The second kappa shape index (κ2) is 3.99. The summed E-state index contributed by atoms with van der Waals surface area (Å²) in [5.41, 5.74) is 1.26. The van der Waals surface area contributed by atoms with E-state index in [-0.39, 0.29) is 11.7 Å². The molecule has 1 amide bonds. The third-order valence-electron chi connectivity index (χ3n) is 2.16. The van der Waals surface area contributed by atoms with Crippen LogP contribution in [0.1, 0.15) is 10.6 Å². The summed E-state index contributed by atoms with van der Waals surface area (Å²) in [6, 6.07) is 5.13. The third kappa shape index (κ3) is 1.90. The SMILES string of the molecule is O=C(Nc1nccs1)c1cc2ncccc2o1. The molecule has 3 rings (SSSR count). The van der Waals surface area contributed by atoms with Crippen molar-refractivity contribution in [1.29, 1.82) is 0 Å². The average Bonchev–Trinajstić information content (AvgIpc) is 2.96. The summed E-state index contributed by atoms with van der Waals surface area (Å²) in [7, 11) is 0. The normalized spacial score (nSPS) is 10.6. The van der Waals surface area contributed by atoms with E-state index in [1.807, 2.05) is 0 Å². The van der Waals surface area contributed by atoms with E-state index in [9.17, 15) is 4.79 Å². The highest BCUT2D eigenvalue weighted by Crippen LogP contribution is 2.18. The number of furan rings is 1. The van der Waals surface area contributed by atoms with Crippen LogP contribution in [0.3, 0.4) is 0 Å². The van der Waals surface area contributed by atoms with Crippen LogP contribution in [0.5, 0.6) is 0 Å². The van der Waals surface area contributed by atoms with Gasteiger partial charge in [0.05, 0.1) is 0 Å². The molecule has 0 aromatic carbocycles. The van der Waals surface area contributed by atoms with E-state index in [1.54, 1.807) is 36.0 Å². The molecule has 1 N–H and O–H groups in total. The standard InChI is InChI=1S/C11H7N3O2S/c15-10(14-11-13-4-5-17-11)9-6-7-8(16-9)2-1-3-12-7/h1-6H,(H,13,14,15). The minimum absolute atomic E-state index is 0.230. The Morgan fingerprint density at radius 3 is 3.06 bits per heavy atom. The maximum atomic E-state index is 11.8. The number of thiazole rings is 1. The van der Waals surface area contributed by atoms with Crippen LogP contribution >= 0.6 is 11.3 Å². The fourth-order valence-electron chi connectivity index (χ4n) is 1.43. The molecule has 0 saturated heterocycles. The first kappa shape index (κ1) is 9.98. The number of rotatable bonds is 2. The van der Waals surface area contributed by atoms with Crippen LogP contribution in [0.2, 0.25) is 0 Å². The van der Waals surface area contributed by atoms with Crippen LogP contribution in [0.15, 0.2) is 40.4 Å². The van der Waals surface area contributed by atoms with Crippen LogP contribution in [-0.4, -0.2) is 15.9 Å². The molecule has 0 unspecified atom stereocenters. The summed E-state index contributed by atoms with van der Waals surface area (Å²) in [5.74, 6) is -0.0909. The van der Waals surface area contributed by atoms with Gasteiger partial charge in [0.2, 0.25) is 0 Å². The molecule has 3 aromatic rings. The Hall–Kier alpha value is -2.21. The van der Waals surface area contributed by atoms with Crippen molar-refractivity contribution in [3.63, 3.8) is 0 Å². The van der Waals surface area contributed by atoms with Gasteiger partial charge in [0.25, 0.3) is 5.91 Å². The Labute approximate surface area is 100 Å². The molecule has 0 aliphatic carbocycles. The van der Waals surface area contributed by atoms with Crippen LogP contribution in [0.4, 0.5) is 5.13 Å². The zero-order chi connectivity index (χ0) is 11.7. The molecule has 0 radical (unpaired) electrons. The lowest BCUT2D eigenvalue weighted by atomic mass is 10.3. The third-order valence-corrected chi connectivity index (χ3v) is 2.85. The van der Waals surface area contributed by atoms with E-state index in [4.69, 9.17) is 4.42 Å². The Morgan fingerprint density at radius 1 is 1.35 bits per heavy atom. The topological polar surface area (TPSA) is 68.0 Å². The van der Waals surface area contributed by atoms with Gasteiger partial charge in [0.15, 0.2) is 16.5 Å². The Bertz CT molecular complexity index is 627. The zero-order valence-corrected chi connectivity index (χ0v) is 9.40. The van der Waals surface area contributed by atoms with Gasteiger partial charge >= 0.3 is 0 Å². The fraction of sp³-hybridized carbons (Fsp3) is 0. The maximum absolute atomic E-state index is 11.8. The summed E-state index contributed by atoms with van der Waals surface area (Å²) < 4.78 is 5.38. The van der Waals surface area contributed by atoms with E-state index < -0.39 is 0 Å². The van der Waals surface area contributed by atoms with Crippen molar-refractivity contribution in [2.45, 2.75) is 0 Å². The molecule has 84 valence electrons. The minimum atomic E-state index is -0.321. The number of aromatic nitrogens is 2. The highest BCUT2D eigenvalue weighted by atomic mass is 32.1. The van der Waals surface area contributed by atoms with Gasteiger partial charge in [-0.1, -0.05) is 0 Å². The van der Waals surface area contributed by atoms with E-state index in [0.29, 0.717) is 16.2 Å². The van der Waals surface area contributed by atoms with Gasteiger partial charge in [-0.2, -0.15) is 0 Å². The quantitative estimate of drug-likeness (QED) is 0.753. The number of amides is 1. The predicted octanol–water partition coefficient (Wildman–Crippen LogP) is 2.54. The van der Waals surface area contributed by atoms with Gasteiger partial charge in [-0.25, -0.2) is 4.98 Å². The molecule has 3 aromatic heterocycles. The molecular weight excluding hydrogens is 238 g/mol. The summed E-state index contributed by atoms with van der Waals surface area (Å²) in [5, 5.41) is 4.98. The molecule has 0 fully saturated rings. The van der Waals surface area contributed by atoms with E-state index in [0.717, 1.165) is 0 Å². The number of carbonyl (C=O) groups excluding carboxylic acids is 1. The van der Waals surface area contributed by atoms with Crippen molar-refractivity contribution < 1.29 is 9.21 Å². The van der Waals surface area contributed by atoms with E-state index >= 15 is 0 Å². The molecule has 0 spiro atoms. The number of pyridine rings is 1. The number of hydrogen-bond donors (Lipinski definition) is 1. The lowest BCUT2D eigenvalue weighted by Gasteiger charge is -1.96. The number of anilines is 1. The predicted molar refractivity (Wildman–Crippen MR) is 64.1 cm³/mol. The molecule has 0 aliphatic heterocycles. The van der Waals surface area contributed by atoms with Crippen molar-refractivity contribution in [3.05, 3.63) is 41.7 Å². The van der Waals surface area contributed by atoms with E-state index in [1.165, 1.54) is 11.3 Å². The maximum Gasteiger partial charge on any atom is 0.293 e. The molecule has 0 saturated carbocycles. The molecule has 0 atom stereocenters. The average molecular weight is 245 g/mol. The van der Waals surface area contributed by atoms with Crippen molar-refractivity contribution in [3.8, 4) is 0 Å². The van der Waals surface area contributed by atoms with Gasteiger partial charge < -0.3 is 4.42 Å². The van der Waals surface area contributed by atoms with Crippen LogP contribution in [0.25, 0.3) is 11.1 Å². The van der Waals surface area contributed by atoms with Crippen molar-refractivity contribution >= 4 is 33.5 Å². The smallest absolute Gasteiger partial charge is 0.293 e. The van der Waals surface area contributed by atoms with Crippen LogP contribution in [0, 0.1) is 0 Å². The first-order chi connectivity index (χ1) is 8.33. The lowest BCUT2D eigenvalue weighted by Crippen LogP contribution is -2.10. The number of nitrogens with zero attached hydrogens (tertiary/aromatic N) is 2. The molecule has 0 bridgehead atoms. The van der Waals surface area contributed by atoms with Gasteiger partial charge in [-0.3, -0.25) is 15.1 Å². The second-order valence-electron chi connectivity index (χ2n) is 3.29. The first-order valence-electron chi connectivity index (χ1n) is 4.88. The lowest BCUT2D eigenvalue weighted by molar-refractivity contribution is 0.0998. The van der Waals surface area contributed by atoms with Crippen molar-refractivity contribution in [2.24, 2.45) is 0 Å². The Morgan fingerprint density at radius 2 is 2.29 bits per heavy atom. The number of hydrogen-bond acceptors (Lipinski definition) is 5. The first-order valence-corrected chi connectivity index (χ1v) is 5.76. The summed E-state index contributed by atoms with van der Waals surface area (Å²) in [6.45, 7) is 0. The Kier molecular flexibility index (Phi) is 2.34. The monoisotopic (exact) mass is 245 g/mol. The second-order valence-corrected chi connectivity index (χ2v) is 4.18. The molecule has 0 aliphatic rings. The molecular formula is C11H7N3O2S. The molecule has 6 heteroatoms. The molecule has 5 nitrogen and oxygen atoms in total. The summed E-state index contributed by atoms with van der Waals surface area (Å²) in [6.07, 6.45) is 3.28. The molecule has 17 heavy (non-hydrogen) atoms. The highest BCUT2D eigenvalue weighted by Gasteiger charge is 2.13.